The van der Waals surface area contributed by atoms with Crippen LogP contribution in [0.5, 0.6) is 0 Å². The van der Waals surface area contributed by atoms with Gasteiger partial charge in [0.2, 0.25) is 0 Å². The number of hydrogen-bond acceptors (Lipinski definition) is 2. The first-order chi connectivity index (χ1) is 5.61. The summed E-state index contributed by atoms with van der Waals surface area (Å²) >= 11 is 0. The quantitative estimate of drug-likeness (QED) is 0.654. The molecule has 0 unspecified atom stereocenters. The van der Waals surface area contributed by atoms with Crippen LogP contribution in [0.2, 0.25) is 0 Å². The van der Waals surface area contributed by atoms with Crippen molar-refractivity contribution in [1.29, 1.82) is 0 Å². The maximum absolute atomic E-state index is 8.93. The lowest BCUT2D eigenvalue weighted by Crippen LogP contribution is -2.26. The van der Waals surface area contributed by atoms with Crippen LogP contribution in [-0.2, 0) is 4.74 Å². The lowest BCUT2D eigenvalue weighted by atomic mass is 9.99. The van der Waals surface area contributed by atoms with E-state index in [-0.39, 0.29) is 24.2 Å². The second-order valence-corrected chi connectivity index (χ2v) is 3.87. The third-order valence-corrected chi connectivity index (χ3v) is 2.70. The van der Waals surface area contributed by atoms with Crippen molar-refractivity contribution in [1.82, 2.24) is 0 Å². The van der Waals surface area contributed by atoms with Crippen LogP contribution in [0.15, 0.2) is 12.7 Å². The summed E-state index contributed by atoms with van der Waals surface area (Å²) in [5, 5.41) is 8.93. The predicted molar refractivity (Wildman–Crippen MR) is 49.0 cm³/mol. The van der Waals surface area contributed by atoms with Gasteiger partial charge in [0, 0.05) is 12.5 Å². The molecule has 0 aromatic carbocycles. The van der Waals surface area contributed by atoms with E-state index in [2.05, 4.69) is 6.58 Å². The molecular weight excluding hydrogens is 152 g/mol. The number of rotatable bonds is 3. The summed E-state index contributed by atoms with van der Waals surface area (Å²) in [6.07, 6.45) is 4.12. The number of aliphatic hydroxyl groups excluding tert-OH is 1. The van der Waals surface area contributed by atoms with Crippen molar-refractivity contribution in [3.05, 3.63) is 12.7 Å². The fourth-order valence-corrected chi connectivity index (χ4v) is 1.56. The lowest BCUT2D eigenvalue weighted by Gasteiger charge is -2.23. The second-order valence-electron chi connectivity index (χ2n) is 3.87. The highest BCUT2D eigenvalue weighted by Gasteiger charge is 2.35. The molecule has 0 bridgehead atoms. The molecule has 2 nitrogen and oxygen atoms in total. The topological polar surface area (TPSA) is 29.5 Å². The number of ether oxygens (including phenoxy) is 1. The molecule has 1 heterocycles. The molecule has 1 aliphatic rings. The highest BCUT2D eigenvalue weighted by Crippen LogP contribution is 2.33. The minimum atomic E-state index is -0.159. The van der Waals surface area contributed by atoms with Crippen molar-refractivity contribution >= 4 is 0 Å². The molecule has 0 amide bonds. The van der Waals surface area contributed by atoms with Crippen molar-refractivity contribution in [2.75, 3.05) is 6.61 Å². The van der Waals surface area contributed by atoms with Crippen molar-refractivity contribution in [3.8, 4) is 0 Å². The first-order valence-electron chi connectivity index (χ1n) is 4.53. The van der Waals surface area contributed by atoms with E-state index in [4.69, 9.17) is 9.84 Å². The molecule has 1 saturated heterocycles. The Morgan fingerprint density at radius 1 is 1.83 bits per heavy atom. The van der Waals surface area contributed by atoms with E-state index in [1.165, 1.54) is 0 Å². The normalized spacial score (nSPS) is 38.1. The van der Waals surface area contributed by atoms with E-state index >= 15 is 0 Å². The molecule has 3 atom stereocenters. The van der Waals surface area contributed by atoms with E-state index < -0.39 is 0 Å². The maximum Gasteiger partial charge on any atom is 0.0836 e. The summed E-state index contributed by atoms with van der Waals surface area (Å²) in [7, 11) is 0. The van der Waals surface area contributed by atoms with E-state index in [0.717, 1.165) is 12.8 Å². The summed E-state index contributed by atoms with van der Waals surface area (Å²) in [4.78, 5) is 0. The van der Waals surface area contributed by atoms with Crippen LogP contribution in [0.4, 0.5) is 0 Å². The summed E-state index contributed by atoms with van der Waals surface area (Å²) in [5.74, 6) is 0.242. The van der Waals surface area contributed by atoms with Crippen molar-refractivity contribution in [2.45, 2.75) is 38.4 Å². The standard InChI is InChI=1S/C10H18O2/c1-4-10(3)6-5-9(12-10)8(2)7-11/h4,8-9,11H,1,5-7H2,2-3H3/t8-,9-,10+/m1/s1. The molecule has 2 heteroatoms. The third-order valence-electron chi connectivity index (χ3n) is 2.70. The first kappa shape index (κ1) is 9.75. The van der Waals surface area contributed by atoms with Gasteiger partial charge in [-0.1, -0.05) is 13.0 Å². The highest BCUT2D eigenvalue weighted by molar-refractivity contribution is 4.99. The molecule has 0 spiro atoms. The average molecular weight is 170 g/mol. The van der Waals surface area contributed by atoms with Gasteiger partial charge in [-0.3, -0.25) is 0 Å². The first-order valence-corrected chi connectivity index (χ1v) is 4.53. The summed E-state index contributed by atoms with van der Waals surface area (Å²) in [5.41, 5.74) is -0.159. The van der Waals surface area contributed by atoms with Gasteiger partial charge in [0.1, 0.15) is 0 Å². The van der Waals surface area contributed by atoms with Gasteiger partial charge >= 0.3 is 0 Å². The third kappa shape index (κ3) is 1.87. The van der Waals surface area contributed by atoms with E-state index in [9.17, 15) is 0 Å². The van der Waals surface area contributed by atoms with Crippen LogP contribution in [0.1, 0.15) is 26.7 Å². The van der Waals surface area contributed by atoms with Gasteiger partial charge in [-0.2, -0.15) is 0 Å². The molecule has 70 valence electrons. The molecular formula is C10H18O2. The Labute approximate surface area is 74.2 Å². The Morgan fingerprint density at radius 3 is 2.92 bits per heavy atom. The van der Waals surface area contributed by atoms with Crippen LogP contribution in [0, 0.1) is 5.92 Å². The zero-order valence-corrected chi connectivity index (χ0v) is 7.92. The highest BCUT2D eigenvalue weighted by atomic mass is 16.5. The average Bonchev–Trinajstić information content (AvgIpc) is 2.48. The Balaban J connectivity index is 2.50. The Kier molecular flexibility index (Phi) is 2.91. The minimum Gasteiger partial charge on any atom is -0.396 e. The van der Waals surface area contributed by atoms with Crippen LogP contribution < -0.4 is 0 Å². The molecule has 0 aliphatic carbocycles. The van der Waals surface area contributed by atoms with Gasteiger partial charge in [-0.25, -0.2) is 0 Å². The van der Waals surface area contributed by atoms with Crippen LogP contribution in [0.25, 0.3) is 0 Å². The largest absolute Gasteiger partial charge is 0.396 e. The molecule has 12 heavy (non-hydrogen) atoms. The molecule has 0 saturated carbocycles. The molecule has 0 radical (unpaired) electrons. The fraction of sp³-hybridized carbons (Fsp3) is 0.800. The smallest absolute Gasteiger partial charge is 0.0836 e. The van der Waals surface area contributed by atoms with E-state index in [1.807, 2.05) is 19.9 Å². The fourth-order valence-electron chi connectivity index (χ4n) is 1.56. The van der Waals surface area contributed by atoms with Gasteiger partial charge in [-0.05, 0) is 19.8 Å². The molecule has 1 rings (SSSR count). The Hall–Kier alpha value is -0.340. The molecule has 0 aromatic heterocycles. The van der Waals surface area contributed by atoms with Crippen molar-refractivity contribution in [3.63, 3.8) is 0 Å². The zero-order valence-electron chi connectivity index (χ0n) is 7.92. The van der Waals surface area contributed by atoms with Gasteiger partial charge in [-0.15, -0.1) is 6.58 Å². The zero-order chi connectivity index (χ0) is 9.19. The molecule has 0 aromatic rings. The minimum absolute atomic E-state index is 0.159. The Morgan fingerprint density at radius 2 is 2.50 bits per heavy atom. The number of hydrogen-bond donors (Lipinski definition) is 1. The molecule has 1 aliphatic heterocycles. The van der Waals surface area contributed by atoms with Crippen LogP contribution in [0.3, 0.4) is 0 Å². The van der Waals surface area contributed by atoms with Crippen molar-refractivity contribution < 1.29 is 9.84 Å². The number of aliphatic hydroxyl groups is 1. The SMILES string of the molecule is C=C[C@@]1(C)CC[C@H]([C@H](C)CO)O1. The van der Waals surface area contributed by atoms with Gasteiger partial charge in [0.15, 0.2) is 0 Å². The van der Waals surface area contributed by atoms with Gasteiger partial charge < -0.3 is 9.84 Å². The predicted octanol–water partition coefficient (Wildman–Crippen LogP) is 1.74. The Bertz CT molecular complexity index is 167. The van der Waals surface area contributed by atoms with Crippen molar-refractivity contribution in [2.24, 2.45) is 5.92 Å². The van der Waals surface area contributed by atoms with Crippen LogP contribution >= 0.6 is 0 Å². The summed E-state index contributed by atoms with van der Waals surface area (Å²) in [6.45, 7) is 8.01. The maximum atomic E-state index is 8.93. The van der Waals surface area contributed by atoms with Crippen LogP contribution in [-0.4, -0.2) is 23.4 Å². The monoisotopic (exact) mass is 170 g/mol. The van der Waals surface area contributed by atoms with Gasteiger partial charge in [0.05, 0.1) is 11.7 Å². The summed E-state index contributed by atoms with van der Waals surface area (Å²) < 4.78 is 5.77. The molecule has 1 fully saturated rings. The van der Waals surface area contributed by atoms with Gasteiger partial charge in [0.25, 0.3) is 0 Å². The van der Waals surface area contributed by atoms with E-state index in [0.29, 0.717) is 0 Å². The lowest BCUT2D eigenvalue weighted by molar-refractivity contribution is -0.0305. The van der Waals surface area contributed by atoms with E-state index in [1.54, 1.807) is 0 Å². The summed E-state index contributed by atoms with van der Waals surface area (Å²) in [6, 6.07) is 0. The second kappa shape index (κ2) is 3.58. The molecule has 1 N–H and O–H groups in total.